The molecule has 1 aliphatic heterocycles. The number of guanidine groups is 1. The first kappa shape index (κ1) is 17.8. The lowest BCUT2D eigenvalue weighted by molar-refractivity contribution is 0.134. The summed E-state index contributed by atoms with van der Waals surface area (Å²) in [6.07, 6.45) is 1.35. The van der Waals surface area contributed by atoms with Gasteiger partial charge in [0, 0.05) is 25.7 Å². The quantitative estimate of drug-likeness (QED) is 0.648. The number of nitrogens with one attached hydrogen (secondary N) is 1. The normalized spacial score (nSPS) is 23.3. The lowest BCUT2D eigenvalue weighted by Crippen LogP contribution is -2.38. The van der Waals surface area contributed by atoms with E-state index < -0.39 is 0 Å². The summed E-state index contributed by atoms with van der Waals surface area (Å²) in [5.41, 5.74) is 8.56. The smallest absolute Gasteiger partial charge is 0.189 e. The molecule has 4 nitrogen and oxygen atoms in total. The van der Waals surface area contributed by atoms with E-state index in [1.807, 2.05) is 0 Å². The van der Waals surface area contributed by atoms with Gasteiger partial charge in [0.05, 0.1) is 6.54 Å². The molecule has 3 N–H and O–H groups in total. The van der Waals surface area contributed by atoms with Gasteiger partial charge < -0.3 is 11.1 Å². The molecule has 0 aliphatic carbocycles. The van der Waals surface area contributed by atoms with Gasteiger partial charge in [-0.2, -0.15) is 0 Å². The van der Waals surface area contributed by atoms with Crippen LogP contribution in [0.3, 0.4) is 0 Å². The summed E-state index contributed by atoms with van der Waals surface area (Å²) in [6, 6.07) is 8.90. The Kier molecular flexibility index (Phi) is 6.46. The molecule has 1 heterocycles. The third-order valence-electron chi connectivity index (χ3n) is 4.31. The average molecular weight is 316 g/mol. The van der Waals surface area contributed by atoms with E-state index in [0.717, 1.165) is 18.4 Å². The third-order valence-corrected chi connectivity index (χ3v) is 4.31. The minimum absolute atomic E-state index is 0.310. The average Bonchev–Trinajstić information content (AvgIpc) is 2.44. The molecule has 0 bridgehead atoms. The summed E-state index contributed by atoms with van der Waals surface area (Å²) in [7, 11) is 0. The molecule has 1 aromatic carbocycles. The van der Waals surface area contributed by atoms with Crippen molar-refractivity contribution in [3.63, 3.8) is 0 Å². The van der Waals surface area contributed by atoms with Crippen LogP contribution in [0, 0.1) is 11.8 Å². The van der Waals surface area contributed by atoms with E-state index in [-0.39, 0.29) is 0 Å². The van der Waals surface area contributed by atoms with Gasteiger partial charge >= 0.3 is 0 Å². The molecule has 0 spiro atoms. The van der Waals surface area contributed by atoms with Crippen LogP contribution < -0.4 is 11.1 Å². The SMILES string of the molecule is CC1CC(C)CN(Cc2ccccc2CN=C(N)NC(C)C)C1. The van der Waals surface area contributed by atoms with Gasteiger partial charge in [-0.05, 0) is 43.2 Å². The van der Waals surface area contributed by atoms with Crippen LogP contribution in [0.4, 0.5) is 0 Å². The number of benzene rings is 1. The van der Waals surface area contributed by atoms with Gasteiger partial charge in [-0.1, -0.05) is 38.1 Å². The molecule has 1 aromatic rings. The fourth-order valence-electron chi connectivity index (χ4n) is 3.54. The molecule has 1 aliphatic rings. The van der Waals surface area contributed by atoms with Gasteiger partial charge in [0.15, 0.2) is 5.96 Å². The molecule has 1 fully saturated rings. The van der Waals surface area contributed by atoms with Crippen LogP contribution >= 0.6 is 0 Å². The van der Waals surface area contributed by atoms with Crippen LogP contribution in [0.25, 0.3) is 0 Å². The van der Waals surface area contributed by atoms with Crippen molar-refractivity contribution in [2.24, 2.45) is 22.6 Å². The number of rotatable bonds is 5. The maximum atomic E-state index is 5.92. The van der Waals surface area contributed by atoms with Crippen LogP contribution in [0.15, 0.2) is 29.3 Å². The molecule has 2 atom stereocenters. The van der Waals surface area contributed by atoms with Gasteiger partial charge in [0.2, 0.25) is 0 Å². The highest BCUT2D eigenvalue weighted by molar-refractivity contribution is 5.78. The molecule has 2 unspecified atom stereocenters. The molecular formula is C19H32N4. The number of hydrogen-bond donors (Lipinski definition) is 2. The Balaban J connectivity index is 2.02. The molecule has 128 valence electrons. The summed E-state index contributed by atoms with van der Waals surface area (Å²) in [5, 5.41) is 3.14. The highest BCUT2D eigenvalue weighted by atomic mass is 15.1. The number of piperidine rings is 1. The first-order chi connectivity index (χ1) is 10.9. The number of nitrogens with zero attached hydrogens (tertiary/aromatic N) is 2. The number of hydrogen-bond acceptors (Lipinski definition) is 2. The third kappa shape index (κ3) is 5.87. The topological polar surface area (TPSA) is 53.6 Å². The highest BCUT2D eigenvalue weighted by Crippen LogP contribution is 2.23. The second-order valence-electron chi connectivity index (χ2n) is 7.41. The Bertz CT molecular complexity index is 514. The monoisotopic (exact) mass is 316 g/mol. The predicted molar refractivity (Wildman–Crippen MR) is 98.3 cm³/mol. The summed E-state index contributed by atoms with van der Waals surface area (Å²) in [6.45, 7) is 12.9. The highest BCUT2D eigenvalue weighted by Gasteiger charge is 2.22. The molecule has 2 rings (SSSR count). The van der Waals surface area contributed by atoms with Crippen LogP contribution in [-0.4, -0.2) is 30.0 Å². The van der Waals surface area contributed by atoms with Crippen molar-refractivity contribution in [2.45, 2.75) is 53.2 Å². The minimum Gasteiger partial charge on any atom is -0.370 e. The molecule has 0 radical (unpaired) electrons. The standard InChI is InChI=1S/C19H32N4/c1-14(2)22-19(20)21-10-17-7-5-6-8-18(17)13-23-11-15(3)9-16(4)12-23/h5-8,14-16H,9-13H2,1-4H3,(H3,20,21,22). The lowest BCUT2D eigenvalue weighted by atomic mass is 9.91. The second-order valence-corrected chi connectivity index (χ2v) is 7.41. The number of nitrogens with two attached hydrogens (primary N) is 1. The van der Waals surface area contributed by atoms with Crippen molar-refractivity contribution >= 4 is 5.96 Å². The van der Waals surface area contributed by atoms with E-state index in [1.165, 1.54) is 30.6 Å². The fourth-order valence-corrected chi connectivity index (χ4v) is 3.54. The van der Waals surface area contributed by atoms with Crippen molar-refractivity contribution in [2.75, 3.05) is 13.1 Å². The maximum Gasteiger partial charge on any atom is 0.189 e. The van der Waals surface area contributed by atoms with E-state index in [1.54, 1.807) is 0 Å². The van der Waals surface area contributed by atoms with Crippen LogP contribution in [0.1, 0.15) is 45.2 Å². The number of aliphatic imine (C=N–C) groups is 1. The predicted octanol–water partition coefficient (Wildman–Crippen LogP) is 2.98. The zero-order valence-electron chi connectivity index (χ0n) is 15.0. The van der Waals surface area contributed by atoms with Gasteiger partial charge in [-0.25, -0.2) is 4.99 Å². The molecule has 1 saturated heterocycles. The summed E-state index contributed by atoms with van der Waals surface area (Å²) < 4.78 is 0. The van der Waals surface area contributed by atoms with Crippen LogP contribution in [-0.2, 0) is 13.1 Å². The minimum atomic E-state index is 0.310. The van der Waals surface area contributed by atoms with Crippen molar-refractivity contribution in [3.8, 4) is 0 Å². The van der Waals surface area contributed by atoms with Crippen molar-refractivity contribution in [3.05, 3.63) is 35.4 Å². The zero-order valence-corrected chi connectivity index (χ0v) is 15.0. The van der Waals surface area contributed by atoms with Crippen molar-refractivity contribution < 1.29 is 0 Å². The van der Waals surface area contributed by atoms with Gasteiger partial charge in [-0.3, -0.25) is 4.90 Å². The van der Waals surface area contributed by atoms with Crippen molar-refractivity contribution in [1.82, 2.24) is 10.2 Å². The fraction of sp³-hybridized carbons (Fsp3) is 0.632. The maximum absolute atomic E-state index is 5.92. The van der Waals surface area contributed by atoms with Gasteiger partial charge in [0.25, 0.3) is 0 Å². The summed E-state index contributed by atoms with van der Waals surface area (Å²) in [5.74, 6) is 2.10. The van der Waals surface area contributed by atoms with E-state index in [4.69, 9.17) is 5.73 Å². The molecule has 4 heteroatoms. The molecule has 0 amide bonds. The molecule has 0 saturated carbocycles. The van der Waals surface area contributed by atoms with Crippen molar-refractivity contribution in [1.29, 1.82) is 0 Å². The Morgan fingerprint density at radius 2 is 1.83 bits per heavy atom. The Morgan fingerprint density at radius 3 is 2.43 bits per heavy atom. The van der Waals surface area contributed by atoms with Gasteiger partial charge in [0.1, 0.15) is 0 Å². The Hall–Kier alpha value is -1.55. The van der Waals surface area contributed by atoms with Crippen LogP contribution in [0.2, 0.25) is 0 Å². The Labute approximate surface area is 141 Å². The molecule has 0 aromatic heterocycles. The largest absolute Gasteiger partial charge is 0.370 e. The second kappa shape index (κ2) is 8.34. The lowest BCUT2D eigenvalue weighted by Gasteiger charge is -2.35. The van der Waals surface area contributed by atoms with E-state index in [0.29, 0.717) is 18.5 Å². The first-order valence-electron chi connectivity index (χ1n) is 8.79. The van der Waals surface area contributed by atoms with Gasteiger partial charge in [-0.15, -0.1) is 0 Å². The van der Waals surface area contributed by atoms with E-state index >= 15 is 0 Å². The molecular weight excluding hydrogens is 284 g/mol. The zero-order chi connectivity index (χ0) is 16.8. The first-order valence-corrected chi connectivity index (χ1v) is 8.79. The summed E-state index contributed by atoms with van der Waals surface area (Å²) >= 11 is 0. The van der Waals surface area contributed by atoms with E-state index in [2.05, 4.69) is 67.2 Å². The summed E-state index contributed by atoms with van der Waals surface area (Å²) in [4.78, 5) is 7.06. The van der Waals surface area contributed by atoms with E-state index in [9.17, 15) is 0 Å². The molecule has 23 heavy (non-hydrogen) atoms. The number of likely N-dealkylation sites (tertiary alicyclic amines) is 1. The Morgan fingerprint density at radius 1 is 1.22 bits per heavy atom. The van der Waals surface area contributed by atoms with Crippen LogP contribution in [0.5, 0.6) is 0 Å².